The molecule has 1 heterocycles. The molecule has 0 radical (unpaired) electrons. The van der Waals surface area contributed by atoms with E-state index < -0.39 is 15.4 Å². The number of carbonyl (C=O) groups excluding carboxylic acids is 1. The molecule has 0 aromatic heterocycles. The first-order valence-electron chi connectivity index (χ1n) is 6.22. The van der Waals surface area contributed by atoms with E-state index in [0.717, 1.165) is 19.3 Å². The summed E-state index contributed by atoms with van der Waals surface area (Å²) in [6.07, 6.45) is 4.74. The number of hydrogen-bond acceptors (Lipinski definition) is 4. The molecule has 0 spiro atoms. The summed E-state index contributed by atoms with van der Waals surface area (Å²) in [5.74, 6) is 0.138. The van der Waals surface area contributed by atoms with Crippen LogP contribution >= 0.6 is 12.4 Å². The van der Waals surface area contributed by atoms with E-state index in [9.17, 15) is 13.2 Å². The Morgan fingerprint density at radius 3 is 2.39 bits per heavy atom. The van der Waals surface area contributed by atoms with Crippen LogP contribution < -0.4 is 11.1 Å². The predicted molar refractivity (Wildman–Crippen MR) is 72.5 cm³/mol. The molecule has 1 amide bonds. The maximum atomic E-state index is 12.0. The predicted octanol–water partition coefficient (Wildman–Crippen LogP) is 0.373. The minimum absolute atomic E-state index is 0. The van der Waals surface area contributed by atoms with E-state index in [2.05, 4.69) is 5.32 Å². The van der Waals surface area contributed by atoms with E-state index in [1.807, 2.05) is 0 Å². The van der Waals surface area contributed by atoms with Crippen molar-refractivity contribution >= 4 is 28.2 Å². The van der Waals surface area contributed by atoms with Gasteiger partial charge >= 0.3 is 0 Å². The van der Waals surface area contributed by atoms with Crippen LogP contribution in [0, 0.1) is 0 Å². The van der Waals surface area contributed by atoms with Crippen LogP contribution in [-0.2, 0) is 14.6 Å². The van der Waals surface area contributed by atoms with Crippen molar-refractivity contribution in [1.82, 2.24) is 5.32 Å². The third-order valence-corrected chi connectivity index (χ3v) is 5.57. The van der Waals surface area contributed by atoms with Crippen molar-refractivity contribution in [3.8, 4) is 0 Å². The number of sulfone groups is 1. The van der Waals surface area contributed by atoms with Gasteiger partial charge in [-0.3, -0.25) is 4.79 Å². The van der Waals surface area contributed by atoms with Crippen LogP contribution in [0.5, 0.6) is 0 Å². The van der Waals surface area contributed by atoms with Crippen LogP contribution in [0.2, 0.25) is 0 Å². The zero-order chi connectivity index (χ0) is 12.5. The van der Waals surface area contributed by atoms with Gasteiger partial charge in [0.15, 0.2) is 9.84 Å². The maximum Gasteiger partial charge on any atom is 0.240 e. The van der Waals surface area contributed by atoms with Crippen LogP contribution in [0.15, 0.2) is 0 Å². The van der Waals surface area contributed by atoms with Gasteiger partial charge in [0.05, 0.1) is 17.0 Å². The van der Waals surface area contributed by atoms with Crippen molar-refractivity contribution in [3.05, 3.63) is 0 Å². The van der Waals surface area contributed by atoms with Gasteiger partial charge in [0.25, 0.3) is 0 Å². The van der Waals surface area contributed by atoms with Crippen LogP contribution in [0.1, 0.15) is 38.5 Å². The van der Waals surface area contributed by atoms with Gasteiger partial charge in [-0.2, -0.15) is 0 Å². The molecule has 1 atom stereocenters. The fraction of sp³-hybridized carbons (Fsp3) is 0.909. The van der Waals surface area contributed by atoms with Crippen molar-refractivity contribution in [2.45, 2.75) is 50.1 Å². The van der Waals surface area contributed by atoms with Gasteiger partial charge in [-0.1, -0.05) is 12.8 Å². The lowest BCUT2D eigenvalue weighted by Crippen LogP contribution is -2.56. The number of nitrogens with two attached hydrogens (primary N) is 1. The van der Waals surface area contributed by atoms with Gasteiger partial charge in [-0.05, 0) is 25.7 Å². The largest absolute Gasteiger partial charge is 0.351 e. The van der Waals surface area contributed by atoms with E-state index in [-0.39, 0.29) is 35.9 Å². The topological polar surface area (TPSA) is 89.3 Å². The summed E-state index contributed by atoms with van der Waals surface area (Å²) in [5.41, 5.74) is 5.26. The van der Waals surface area contributed by atoms with Gasteiger partial charge < -0.3 is 11.1 Å². The van der Waals surface area contributed by atoms with E-state index >= 15 is 0 Å². The molecule has 0 aromatic carbocycles. The van der Waals surface area contributed by atoms with E-state index in [1.165, 1.54) is 0 Å². The highest BCUT2D eigenvalue weighted by molar-refractivity contribution is 7.91. The molecule has 1 saturated carbocycles. The molecule has 3 N–H and O–H groups in total. The Hall–Kier alpha value is -0.330. The second kappa shape index (κ2) is 5.75. The second-order valence-corrected chi connectivity index (χ2v) is 7.52. The molecule has 0 aromatic rings. The number of rotatable bonds is 2. The minimum atomic E-state index is -2.98. The fourth-order valence-corrected chi connectivity index (χ4v) is 4.33. The molecule has 1 aliphatic heterocycles. The Morgan fingerprint density at radius 2 is 1.83 bits per heavy atom. The highest BCUT2D eigenvalue weighted by atomic mass is 35.5. The van der Waals surface area contributed by atoms with Crippen molar-refractivity contribution in [1.29, 1.82) is 0 Å². The summed E-state index contributed by atoms with van der Waals surface area (Å²) in [7, 11) is -2.98. The third-order valence-electron chi connectivity index (χ3n) is 3.75. The smallest absolute Gasteiger partial charge is 0.240 e. The molecule has 1 unspecified atom stereocenters. The fourth-order valence-electron chi connectivity index (χ4n) is 2.70. The summed E-state index contributed by atoms with van der Waals surface area (Å²) in [6, 6.07) is -0.248. The van der Waals surface area contributed by atoms with Gasteiger partial charge in [0.1, 0.15) is 0 Å². The van der Waals surface area contributed by atoms with Crippen LogP contribution in [0.25, 0.3) is 0 Å². The highest BCUT2D eigenvalue weighted by Crippen LogP contribution is 2.27. The van der Waals surface area contributed by atoms with Crippen molar-refractivity contribution < 1.29 is 13.2 Å². The molecule has 2 fully saturated rings. The molecule has 7 heteroatoms. The zero-order valence-electron chi connectivity index (χ0n) is 10.4. The zero-order valence-corrected chi connectivity index (χ0v) is 12.0. The normalized spacial score (nSPS) is 29.3. The Balaban J connectivity index is 0.00000162. The van der Waals surface area contributed by atoms with Gasteiger partial charge in [-0.15, -0.1) is 12.4 Å². The van der Waals surface area contributed by atoms with Gasteiger partial charge in [-0.25, -0.2) is 8.42 Å². The van der Waals surface area contributed by atoms with Crippen molar-refractivity contribution in [3.63, 3.8) is 0 Å². The number of halogens is 1. The Labute approximate surface area is 114 Å². The first-order chi connectivity index (χ1) is 7.91. The number of hydrogen-bond donors (Lipinski definition) is 2. The summed E-state index contributed by atoms with van der Waals surface area (Å²) in [5, 5.41) is 2.81. The monoisotopic (exact) mass is 296 g/mol. The summed E-state index contributed by atoms with van der Waals surface area (Å²) < 4.78 is 22.9. The minimum Gasteiger partial charge on any atom is -0.351 e. The Bertz CT molecular complexity index is 405. The van der Waals surface area contributed by atoms with Gasteiger partial charge in [0.2, 0.25) is 5.91 Å². The first-order valence-corrected chi connectivity index (χ1v) is 8.04. The molecule has 106 valence electrons. The second-order valence-electron chi connectivity index (χ2n) is 5.29. The molecule has 1 saturated heterocycles. The lowest BCUT2D eigenvalue weighted by molar-refractivity contribution is -0.126. The van der Waals surface area contributed by atoms with Crippen molar-refractivity contribution in [2.24, 2.45) is 5.73 Å². The molecule has 2 aliphatic rings. The third kappa shape index (κ3) is 3.59. The molecule has 1 aliphatic carbocycles. The van der Waals surface area contributed by atoms with E-state index in [0.29, 0.717) is 19.3 Å². The molecule has 2 rings (SSSR count). The number of amides is 1. The van der Waals surface area contributed by atoms with E-state index in [1.54, 1.807) is 0 Å². The Morgan fingerprint density at radius 1 is 1.22 bits per heavy atom. The summed E-state index contributed by atoms with van der Waals surface area (Å²) in [6.45, 7) is 0. The maximum absolute atomic E-state index is 12.0. The molecule has 5 nitrogen and oxygen atoms in total. The summed E-state index contributed by atoms with van der Waals surface area (Å²) in [4.78, 5) is 12.0. The average Bonchev–Trinajstić information content (AvgIpc) is 2.65. The van der Waals surface area contributed by atoms with Crippen molar-refractivity contribution in [2.75, 3.05) is 11.5 Å². The lowest BCUT2D eigenvalue weighted by atomic mass is 9.97. The molecule has 18 heavy (non-hydrogen) atoms. The first kappa shape index (κ1) is 15.7. The quantitative estimate of drug-likeness (QED) is 0.770. The van der Waals surface area contributed by atoms with Gasteiger partial charge in [0, 0.05) is 6.04 Å². The number of carbonyl (C=O) groups is 1. The molecular formula is C11H21ClN2O3S. The average molecular weight is 297 g/mol. The van der Waals surface area contributed by atoms with Crippen LogP contribution in [0.3, 0.4) is 0 Å². The molecule has 0 bridgehead atoms. The Kier molecular flexibility index (Phi) is 5.03. The van der Waals surface area contributed by atoms with Crippen LogP contribution in [0.4, 0.5) is 0 Å². The lowest BCUT2D eigenvalue weighted by Gasteiger charge is -2.28. The SMILES string of the molecule is Cl.NC1(C(=O)NC2CCCS(=O)(=O)C2)CCCC1. The number of nitrogens with one attached hydrogen (secondary N) is 1. The standard InChI is InChI=1S/C11H20N2O3S.ClH/c12-11(5-1-2-6-11)10(14)13-9-4-3-7-17(15,16)8-9;/h9H,1-8,12H2,(H,13,14);1H. The molecular weight excluding hydrogens is 276 g/mol. The highest BCUT2D eigenvalue weighted by Gasteiger charge is 2.38. The van der Waals surface area contributed by atoms with Crippen LogP contribution in [-0.4, -0.2) is 37.4 Å². The summed E-state index contributed by atoms with van der Waals surface area (Å²) >= 11 is 0. The van der Waals surface area contributed by atoms with E-state index in [4.69, 9.17) is 5.73 Å².